The number of para-hydroxylation sites is 1. The average Bonchev–Trinajstić information content (AvgIpc) is 3.05. The molecule has 0 radical (unpaired) electrons. The number of ether oxygens (including phenoxy) is 1. The minimum absolute atomic E-state index is 0.00436. The highest BCUT2D eigenvalue weighted by Gasteiger charge is 2.36. The highest BCUT2D eigenvalue weighted by atomic mass is 16.5. The van der Waals surface area contributed by atoms with Crippen LogP contribution in [-0.4, -0.2) is 27.2 Å². The smallest absolute Gasteiger partial charge is 0.268 e. The first-order valence-corrected chi connectivity index (χ1v) is 7.05. The molecule has 1 aliphatic rings. The minimum atomic E-state index is -0.552. The first kappa shape index (κ1) is 13.6. The molecule has 1 aromatic heterocycles. The van der Waals surface area contributed by atoms with Gasteiger partial charge in [0, 0.05) is 17.4 Å². The summed E-state index contributed by atoms with van der Waals surface area (Å²) in [7, 11) is 0. The lowest BCUT2D eigenvalue weighted by atomic mass is 9.97. The molecule has 0 fully saturated rings. The molecule has 0 unspecified atom stereocenters. The Morgan fingerprint density at radius 2 is 2.14 bits per heavy atom. The van der Waals surface area contributed by atoms with Crippen molar-refractivity contribution < 1.29 is 9.53 Å². The SMILES string of the molecule is CC(C)c1nc(NC(=O)[C@@H]2Oc3ccccc3[C@@H]2C)n[nH]1. The molecular formula is C15H18N4O2. The maximum absolute atomic E-state index is 12.3. The van der Waals surface area contributed by atoms with E-state index in [0.29, 0.717) is 0 Å². The second kappa shape index (κ2) is 5.20. The standard InChI is InChI=1S/C15H18N4O2/c1-8(2)13-16-15(19-18-13)17-14(20)12-9(3)10-6-4-5-7-11(10)21-12/h4-9,12H,1-3H3,(H2,16,17,18,19,20)/t9-,12+/m0/s1. The topological polar surface area (TPSA) is 79.9 Å². The van der Waals surface area contributed by atoms with Crippen molar-refractivity contribution in [2.75, 3.05) is 5.32 Å². The second-order valence-corrected chi connectivity index (χ2v) is 5.55. The van der Waals surface area contributed by atoms with E-state index in [1.165, 1.54) is 0 Å². The number of anilines is 1. The summed E-state index contributed by atoms with van der Waals surface area (Å²) in [4.78, 5) is 16.6. The van der Waals surface area contributed by atoms with Crippen molar-refractivity contribution in [3.05, 3.63) is 35.7 Å². The van der Waals surface area contributed by atoms with E-state index >= 15 is 0 Å². The molecule has 0 saturated carbocycles. The Bertz CT molecular complexity index is 665. The third kappa shape index (κ3) is 2.49. The van der Waals surface area contributed by atoms with Gasteiger partial charge in [-0.1, -0.05) is 39.0 Å². The number of nitrogens with zero attached hydrogens (tertiary/aromatic N) is 2. The van der Waals surface area contributed by atoms with Gasteiger partial charge in [0.15, 0.2) is 6.10 Å². The highest BCUT2D eigenvalue weighted by molar-refractivity contribution is 5.94. The number of carbonyl (C=O) groups is 1. The van der Waals surface area contributed by atoms with Crippen LogP contribution in [0, 0.1) is 0 Å². The molecule has 0 spiro atoms. The summed E-state index contributed by atoms with van der Waals surface area (Å²) in [5.41, 5.74) is 1.05. The molecule has 6 nitrogen and oxygen atoms in total. The summed E-state index contributed by atoms with van der Waals surface area (Å²) in [5.74, 6) is 1.80. The summed E-state index contributed by atoms with van der Waals surface area (Å²) in [5, 5.41) is 9.52. The summed E-state index contributed by atoms with van der Waals surface area (Å²) < 4.78 is 5.73. The Morgan fingerprint density at radius 1 is 1.38 bits per heavy atom. The molecular weight excluding hydrogens is 268 g/mol. The third-order valence-electron chi connectivity index (χ3n) is 3.66. The quantitative estimate of drug-likeness (QED) is 0.908. The fourth-order valence-corrected chi connectivity index (χ4v) is 2.42. The molecule has 0 aliphatic carbocycles. The molecule has 0 saturated heterocycles. The number of fused-ring (bicyclic) bond motifs is 1. The summed E-state index contributed by atoms with van der Waals surface area (Å²) in [6, 6.07) is 7.71. The lowest BCUT2D eigenvalue weighted by molar-refractivity contribution is -0.122. The van der Waals surface area contributed by atoms with Crippen LogP contribution in [0.3, 0.4) is 0 Å². The van der Waals surface area contributed by atoms with Crippen molar-refractivity contribution in [2.45, 2.75) is 38.7 Å². The molecule has 1 amide bonds. The van der Waals surface area contributed by atoms with Crippen LogP contribution in [0.4, 0.5) is 5.95 Å². The fourth-order valence-electron chi connectivity index (χ4n) is 2.42. The number of hydrogen-bond donors (Lipinski definition) is 2. The summed E-state index contributed by atoms with van der Waals surface area (Å²) in [6.07, 6.45) is -0.552. The number of amides is 1. The van der Waals surface area contributed by atoms with E-state index in [9.17, 15) is 4.79 Å². The van der Waals surface area contributed by atoms with Crippen LogP contribution in [0.25, 0.3) is 0 Å². The molecule has 6 heteroatoms. The van der Waals surface area contributed by atoms with Gasteiger partial charge in [-0.2, -0.15) is 4.98 Å². The van der Waals surface area contributed by atoms with E-state index in [4.69, 9.17) is 4.74 Å². The van der Waals surface area contributed by atoms with Crippen LogP contribution < -0.4 is 10.1 Å². The largest absolute Gasteiger partial charge is 0.480 e. The predicted molar refractivity (Wildman–Crippen MR) is 78.4 cm³/mol. The molecule has 21 heavy (non-hydrogen) atoms. The first-order chi connectivity index (χ1) is 10.1. The van der Waals surface area contributed by atoms with Crippen LogP contribution in [-0.2, 0) is 4.79 Å². The van der Waals surface area contributed by atoms with Crippen molar-refractivity contribution in [1.82, 2.24) is 15.2 Å². The van der Waals surface area contributed by atoms with Crippen molar-refractivity contribution >= 4 is 11.9 Å². The fraction of sp³-hybridized carbons (Fsp3) is 0.400. The van der Waals surface area contributed by atoms with Gasteiger partial charge in [-0.15, -0.1) is 5.10 Å². The number of rotatable bonds is 3. The number of H-pyrrole nitrogens is 1. The molecule has 1 aromatic carbocycles. The number of hydrogen-bond acceptors (Lipinski definition) is 4. The molecule has 2 heterocycles. The minimum Gasteiger partial charge on any atom is -0.480 e. The van der Waals surface area contributed by atoms with Gasteiger partial charge in [0.2, 0.25) is 5.95 Å². The Labute approximate surface area is 122 Å². The van der Waals surface area contributed by atoms with Gasteiger partial charge in [0.05, 0.1) is 0 Å². The molecule has 0 bridgehead atoms. The van der Waals surface area contributed by atoms with E-state index in [-0.39, 0.29) is 23.7 Å². The Balaban J connectivity index is 1.72. The lowest BCUT2D eigenvalue weighted by Gasteiger charge is -2.13. The Morgan fingerprint density at radius 3 is 2.81 bits per heavy atom. The first-order valence-electron chi connectivity index (χ1n) is 7.05. The van der Waals surface area contributed by atoms with Crippen molar-refractivity contribution in [3.63, 3.8) is 0 Å². The van der Waals surface area contributed by atoms with Gasteiger partial charge >= 0.3 is 0 Å². The number of nitrogens with one attached hydrogen (secondary N) is 2. The average molecular weight is 286 g/mol. The zero-order chi connectivity index (χ0) is 15.0. The van der Waals surface area contributed by atoms with Gasteiger partial charge < -0.3 is 4.74 Å². The van der Waals surface area contributed by atoms with Crippen LogP contribution >= 0.6 is 0 Å². The van der Waals surface area contributed by atoms with Crippen LogP contribution in [0.5, 0.6) is 5.75 Å². The predicted octanol–water partition coefficient (Wildman–Crippen LogP) is 2.43. The number of aromatic amines is 1. The second-order valence-electron chi connectivity index (χ2n) is 5.55. The van der Waals surface area contributed by atoms with Crippen molar-refractivity contribution in [2.24, 2.45) is 0 Å². The highest BCUT2D eigenvalue weighted by Crippen LogP contribution is 2.37. The molecule has 1 aliphatic heterocycles. The maximum Gasteiger partial charge on any atom is 0.268 e. The van der Waals surface area contributed by atoms with Gasteiger partial charge in [-0.05, 0) is 6.07 Å². The lowest BCUT2D eigenvalue weighted by Crippen LogP contribution is -2.33. The van der Waals surface area contributed by atoms with Gasteiger partial charge in [0.25, 0.3) is 5.91 Å². The van der Waals surface area contributed by atoms with E-state index in [1.54, 1.807) is 0 Å². The summed E-state index contributed by atoms with van der Waals surface area (Å²) >= 11 is 0. The third-order valence-corrected chi connectivity index (χ3v) is 3.66. The normalized spacial score (nSPS) is 20.2. The molecule has 2 N–H and O–H groups in total. The van der Waals surface area contributed by atoms with Crippen LogP contribution in [0.2, 0.25) is 0 Å². The molecule has 2 aromatic rings. The zero-order valence-corrected chi connectivity index (χ0v) is 12.3. The van der Waals surface area contributed by atoms with Crippen molar-refractivity contribution in [3.8, 4) is 5.75 Å². The van der Waals surface area contributed by atoms with Gasteiger partial charge in [-0.3, -0.25) is 15.2 Å². The molecule has 3 rings (SSSR count). The zero-order valence-electron chi connectivity index (χ0n) is 12.3. The van der Waals surface area contributed by atoms with E-state index < -0.39 is 6.10 Å². The van der Waals surface area contributed by atoms with Gasteiger partial charge in [-0.25, -0.2) is 0 Å². The summed E-state index contributed by atoms with van der Waals surface area (Å²) in [6.45, 7) is 5.99. The van der Waals surface area contributed by atoms with Crippen LogP contribution in [0.15, 0.2) is 24.3 Å². The van der Waals surface area contributed by atoms with E-state index in [0.717, 1.165) is 17.1 Å². The van der Waals surface area contributed by atoms with E-state index in [2.05, 4.69) is 20.5 Å². The number of carbonyl (C=O) groups excluding carboxylic acids is 1. The number of benzene rings is 1. The number of aromatic nitrogens is 3. The Kier molecular flexibility index (Phi) is 3.37. The maximum atomic E-state index is 12.3. The molecule has 110 valence electrons. The molecule has 2 atom stereocenters. The van der Waals surface area contributed by atoms with Gasteiger partial charge in [0.1, 0.15) is 11.6 Å². The van der Waals surface area contributed by atoms with E-state index in [1.807, 2.05) is 45.0 Å². The van der Waals surface area contributed by atoms with Crippen LogP contribution in [0.1, 0.15) is 44.0 Å². The van der Waals surface area contributed by atoms with Crippen molar-refractivity contribution in [1.29, 1.82) is 0 Å². The monoisotopic (exact) mass is 286 g/mol. The Hall–Kier alpha value is -2.37.